The lowest BCUT2D eigenvalue weighted by molar-refractivity contribution is 0.226. The summed E-state index contributed by atoms with van der Waals surface area (Å²) < 4.78 is 6.09. The van der Waals surface area contributed by atoms with Gasteiger partial charge in [0.1, 0.15) is 22.7 Å². The van der Waals surface area contributed by atoms with Crippen molar-refractivity contribution in [3.05, 3.63) is 75.8 Å². The minimum atomic E-state index is -0.450. The number of H-pyrrole nitrogens is 1. The Morgan fingerprint density at radius 1 is 1.11 bits per heavy atom. The van der Waals surface area contributed by atoms with Crippen LogP contribution in [-0.2, 0) is 0 Å². The van der Waals surface area contributed by atoms with E-state index >= 15 is 0 Å². The number of aromatic nitrogens is 3. The number of hydrogen-bond acceptors (Lipinski definition) is 6. The molecule has 9 heteroatoms. The molecule has 1 unspecified atom stereocenters. The number of ether oxygens (including phenoxy) is 1. The SMILES string of the molecule is CC(Oc1ccc(N)c(C(=N)c2nc3ccc(N4CCCCC4)cc3[nH]2)c1)c1c(Cl)ccnc1Cl. The van der Waals surface area contributed by atoms with Crippen LogP contribution in [0.3, 0.4) is 0 Å². The molecule has 0 radical (unpaired) electrons. The van der Waals surface area contributed by atoms with E-state index in [1.807, 2.05) is 13.0 Å². The van der Waals surface area contributed by atoms with E-state index in [1.54, 1.807) is 30.5 Å². The molecule has 180 valence electrons. The maximum Gasteiger partial charge on any atom is 0.157 e. The number of nitrogen functional groups attached to an aromatic ring is 1. The third kappa shape index (κ3) is 4.79. The number of benzene rings is 2. The summed E-state index contributed by atoms with van der Waals surface area (Å²) in [6.45, 7) is 3.98. The molecule has 0 aliphatic carbocycles. The number of aromatic amines is 1. The summed E-state index contributed by atoms with van der Waals surface area (Å²) >= 11 is 12.5. The maximum absolute atomic E-state index is 8.81. The number of nitrogens with two attached hydrogens (primary N) is 1. The van der Waals surface area contributed by atoms with Crippen molar-refractivity contribution < 1.29 is 4.74 Å². The number of fused-ring (bicyclic) bond motifs is 1. The monoisotopic (exact) mass is 508 g/mol. The molecule has 4 N–H and O–H groups in total. The standard InChI is InChI=1S/C26H26Cl2N6O/c1-15(23-19(27)9-10-31-25(23)28)35-17-6-7-20(29)18(14-17)24(30)26-32-21-8-5-16(13-22(21)33-26)34-11-3-2-4-12-34/h5-10,13-15,30H,2-4,11-12,29H2,1H3,(H,32,33). The molecule has 1 aliphatic rings. The molecule has 4 aromatic rings. The van der Waals surface area contributed by atoms with Crippen molar-refractivity contribution >= 4 is 51.3 Å². The lowest BCUT2D eigenvalue weighted by Crippen LogP contribution is -2.29. The van der Waals surface area contributed by atoms with E-state index in [0.29, 0.717) is 38.6 Å². The van der Waals surface area contributed by atoms with Gasteiger partial charge in [0.15, 0.2) is 5.82 Å². The highest BCUT2D eigenvalue weighted by molar-refractivity contribution is 6.35. The number of nitrogens with zero attached hydrogens (tertiary/aromatic N) is 3. The first-order valence-corrected chi connectivity index (χ1v) is 12.4. The molecular weight excluding hydrogens is 483 g/mol. The predicted octanol–water partition coefficient (Wildman–Crippen LogP) is 6.39. The summed E-state index contributed by atoms with van der Waals surface area (Å²) in [6.07, 6.45) is 4.81. The van der Waals surface area contributed by atoms with Crippen LogP contribution in [0.15, 0.2) is 48.7 Å². The van der Waals surface area contributed by atoms with Crippen LogP contribution in [0.4, 0.5) is 11.4 Å². The summed E-state index contributed by atoms with van der Waals surface area (Å²) in [7, 11) is 0. The summed E-state index contributed by atoms with van der Waals surface area (Å²) in [5.41, 5.74) is 10.9. The molecule has 1 fully saturated rings. The van der Waals surface area contributed by atoms with E-state index < -0.39 is 6.10 Å². The number of rotatable bonds is 6. The van der Waals surface area contributed by atoms with Crippen molar-refractivity contribution in [1.82, 2.24) is 15.0 Å². The fourth-order valence-electron chi connectivity index (χ4n) is 4.47. The lowest BCUT2D eigenvalue weighted by Gasteiger charge is -2.28. The smallest absolute Gasteiger partial charge is 0.157 e. The Morgan fingerprint density at radius 2 is 1.91 bits per heavy atom. The quantitative estimate of drug-likeness (QED) is 0.159. The van der Waals surface area contributed by atoms with Gasteiger partial charge >= 0.3 is 0 Å². The van der Waals surface area contributed by atoms with Gasteiger partial charge < -0.3 is 20.4 Å². The van der Waals surface area contributed by atoms with Gasteiger partial charge in [0.25, 0.3) is 0 Å². The van der Waals surface area contributed by atoms with Crippen molar-refractivity contribution in [1.29, 1.82) is 5.41 Å². The minimum Gasteiger partial charge on any atom is -0.486 e. The Balaban J connectivity index is 1.40. The number of anilines is 2. The maximum atomic E-state index is 8.81. The molecular formula is C26H26Cl2N6O. The Bertz CT molecular complexity index is 1380. The summed E-state index contributed by atoms with van der Waals surface area (Å²) in [5, 5.41) is 9.58. The van der Waals surface area contributed by atoms with Crippen LogP contribution < -0.4 is 15.4 Å². The Labute approximate surface area is 213 Å². The van der Waals surface area contributed by atoms with Crippen LogP contribution in [0.25, 0.3) is 11.0 Å². The zero-order chi connectivity index (χ0) is 24.5. The molecule has 2 aromatic heterocycles. The van der Waals surface area contributed by atoms with Crippen LogP contribution in [-0.4, -0.2) is 33.8 Å². The highest BCUT2D eigenvalue weighted by atomic mass is 35.5. The fraction of sp³-hybridized carbons (Fsp3) is 0.269. The number of imidazole rings is 1. The average molecular weight is 509 g/mol. The van der Waals surface area contributed by atoms with E-state index in [9.17, 15) is 0 Å². The van der Waals surface area contributed by atoms with E-state index in [-0.39, 0.29) is 5.71 Å². The van der Waals surface area contributed by atoms with Crippen LogP contribution in [0.5, 0.6) is 5.75 Å². The highest BCUT2D eigenvalue weighted by Gasteiger charge is 2.19. The van der Waals surface area contributed by atoms with Gasteiger partial charge in [-0.2, -0.15) is 0 Å². The van der Waals surface area contributed by atoms with Gasteiger partial charge in [0.05, 0.1) is 16.1 Å². The largest absolute Gasteiger partial charge is 0.486 e. The van der Waals surface area contributed by atoms with Gasteiger partial charge in [-0.3, -0.25) is 5.41 Å². The number of halogens is 2. The first kappa shape index (κ1) is 23.5. The Kier molecular flexibility index (Phi) is 6.54. The molecule has 1 atom stereocenters. The van der Waals surface area contributed by atoms with Crippen LogP contribution in [0, 0.1) is 5.41 Å². The van der Waals surface area contributed by atoms with E-state index in [4.69, 9.17) is 39.1 Å². The van der Waals surface area contributed by atoms with Crippen molar-refractivity contribution in [2.75, 3.05) is 23.7 Å². The lowest BCUT2D eigenvalue weighted by atomic mass is 10.1. The first-order valence-electron chi connectivity index (χ1n) is 11.6. The van der Waals surface area contributed by atoms with Gasteiger partial charge in [0, 0.05) is 41.8 Å². The van der Waals surface area contributed by atoms with Crippen molar-refractivity contribution in [2.45, 2.75) is 32.3 Å². The number of hydrogen-bond donors (Lipinski definition) is 3. The van der Waals surface area contributed by atoms with Gasteiger partial charge in [-0.05, 0) is 68.7 Å². The number of pyridine rings is 1. The van der Waals surface area contributed by atoms with Crippen molar-refractivity contribution in [2.24, 2.45) is 0 Å². The van der Waals surface area contributed by atoms with Crippen molar-refractivity contribution in [3.8, 4) is 5.75 Å². The third-order valence-corrected chi connectivity index (χ3v) is 6.96. The second-order valence-electron chi connectivity index (χ2n) is 8.72. The molecule has 0 saturated carbocycles. The minimum absolute atomic E-state index is 0.189. The van der Waals surface area contributed by atoms with E-state index in [0.717, 1.165) is 24.1 Å². The number of piperidine rings is 1. The number of nitrogens with one attached hydrogen (secondary N) is 2. The predicted molar refractivity (Wildman–Crippen MR) is 142 cm³/mol. The van der Waals surface area contributed by atoms with Crippen LogP contribution in [0.2, 0.25) is 10.2 Å². The second-order valence-corrected chi connectivity index (χ2v) is 9.48. The topological polar surface area (TPSA) is 104 Å². The summed E-state index contributed by atoms with van der Waals surface area (Å²) in [6, 6.07) is 13.1. The Morgan fingerprint density at radius 3 is 2.69 bits per heavy atom. The fourth-order valence-corrected chi connectivity index (χ4v) is 5.13. The zero-order valence-corrected chi connectivity index (χ0v) is 20.8. The van der Waals surface area contributed by atoms with Gasteiger partial charge in [0.2, 0.25) is 0 Å². The van der Waals surface area contributed by atoms with Crippen molar-refractivity contribution in [3.63, 3.8) is 0 Å². The summed E-state index contributed by atoms with van der Waals surface area (Å²) in [4.78, 5) is 14.4. The molecule has 7 nitrogen and oxygen atoms in total. The molecule has 3 heterocycles. The molecule has 0 spiro atoms. The molecule has 5 rings (SSSR count). The Hall–Kier alpha value is -3.29. The molecule has 35 heavy (non-hydrogen) atoms. The van der Waals surface area contributed by atoms with Crippen LogP contribution in [0.1, 0.15) is 49.2 Å². The molecule has 1 aliphatic heterocycles. The molecule has 0 amide bonds. The second kappa shape index (κ2) is 9.76. The third-order valence-electron chi connectivity index (χ3n) is 6.33. The molecule has 1 saturated heterocycles. The van der Waals surface area contributed by atoms with Gasteiger partial charge in [-0.15, -0.1) is 0 Å². The van der Waals surface area contributed by atoms with Gasteiger partial charge in [-0.1, -0.05) is 23.2 Å². The molecule has 2 aromatic carbocycles. The van der Waals surface area contributed by atoms with E-state index in [2.05, 4.69) is 32.0 Å². The first-order chi connectivity index (χ1) is 16.9. The van der Waals surface area contributed by atoms with Crippen LogP contribution >= 0.6 is 23.2 Å². The highest BCUT2D eigenvalue weighted by Crippen LogP contribution is 2.33. The zero-order valence-electron chi connectivity index (χ0n) is 19.3. The molecule has 0 bridgehead atoms. The summed E-state index contributed by atoms with van der Waals surface area (Å²) in [5.74, 6) is 0.983. The normalized spacial score (nSPS) is 14.8. The van der Waals surface area contributed by atoms with E-state index in [1.165, 1.54) is 24.9 Å². The van der Waals surface area contributed by atoms with Gasteiger partial charge in [-0.25, -0.2) is 9.97 Å². The average Bonchev–Trinajstić information content (AvgIpc) is 3.29.